The van der Waals surface area contributed by atoms with E-state index in [1.165, 1.54) is 6.08 Å². The van der Waals surface area contributed by atoms with Crippen molar-refractivity contribution in [2.75, 3.05) is 13.2 Å². The zero-order chi connectivity index (χ0) is 15.2. The Labute approximate surface area is 122 Å². The highest BCUT2D eigenvalue weighted by atomic mass is 16.5. The molecule has 112 valence electrons. The van der Waals surface area contributed by atoms with Crippen molar-refractivity contribution in [3.63, 3.8) is 0 Å². The molecule has 1 aliphatic rings. The summed E-state index contributed by atoms with van der Waals surface area (Å²) in [6, 6.07) is 5.71. The molecule has 1 unspecified atom stereocenters. The second-order valence-electron chi connectivity index (χ2n) is 4.73. The molecule has 0 fully saturated rings. The molecule has 0 saturated carbocycles. The minimum Gasteiger partial charge on any atom is -0.493 e. The van der Waals surface area contributed by atoms with Gasteiger partial charge < -0.3 is 20.3 Å². The second-order valence-corrected chi connectivity index (χ2v) is 4.73. The largest absolute Gasteiger partial charge is 0.493 e. The highest BCUT2D eigenvalue weighted by molar-refractivity contribution is 5.91. The van der Waals surface area contributed by atoms with Crippen molar-refractivity contribution in [3.8, 4) is 5.75 Å². The Morgan fingerprint density at radius 2 is 2.24 bits per heavy atom. The number of aliphatic hydroxyl groups excluding tert-OH is 1. The van der Waals surface area contributed by atoms with Gasteiger partial charge in [-0.25, -0.2) is 4.79 Å². The van der Waals surface area contributed by atoms with Crippen LogP contribution in [0.4, 0.5) is 0 Å². The number of rotatable bonds is 6. The van der Waals surface area contributed by atoms with Crippen LogP contribution in [0.3, 0.4) is 0 Å². The maximum atomic E-state index is 11.5. The Balaban J connectivity index is 1.81. The standard InChI is InChI=1S/C15H17NO5/c17-12(15(19)20)5-7-16-14(18)4-2-10-1-3-13-11(9-10)6-8-21-13/h1-4,9,12,17H,5-8H2,(H,16,18)(H,19,20)/b4-2+. The van der Waals surface area contributed by atoms with Crippen LogP contribution in [0, 0.1) is 0 Å². The highest BCUT2D eigenvalue weighted by Gasteiger charge is 2.12. The van der Waals surface area contributed by atoms with Crippen molar-refractivity contribution in [1.82, 2.24) is 5.32 Å². The van der Waals surface area contributed by atoms with Gasteiger partial charge in [0.05, 0.1) is 6.61 Å². The molecule has 2 rings (SSSR count). The molecule has 1 aliphatic heterocycles. The van der Waals surface area contributed by atoms with Gasteiger partial charge in [0.15, 0.2) is 6.10 Å². The molecule has 1 aromatic carbocycles. The van der Waals surface area contributed by atoms with E-state index >= 15 is 0 Å². The fourth-order valence-electron chi connectivity index (χ4n) is 2.00. The molecular weight excluding hydrogens is 274 g/mol. The van der Waals surface area contributed by atoms with Crippen molar-refractivity contribution in [1.29, 1.82) is 0 Å². The van der Waals surface area contributed by atoms with E-state index in [1.807, 2.05) is 18.2 Å². The molecule has 0 saturated heterocycles. The van der Waals surface area contributed by atoms with Gasteiger partial charge >= 0.3 is 5.97 Å². The summed E-state index contributed by atoms with van der Waals surface area (Å²) in [7, 11) is 0. The summed E-state index contributed by atoms with van der Waals surface area (Å²) in [5.74, 6) is -0.733. The van der Waals surface area contributed by atoms with E-state index in [0.717, 1.165) is 23.3 Å². The van der Waals surface area contributed by atoms with Crippen LogP contribution in [0.2, 0.25) is 0 Å². The number of benzene rings is 1. The van der Waals surface area contributed by atoms with Crippen molar-refractivity contribution in [3.05, 3.63) is 35.4 Å². The highest BCUT2D eigenvalue weighted by Crippen LogP contribution is 2.26. The van der Waals surface area contributed by atoms with E-state index in [1.54, 1.807) is 6.08 Å². The molecular formula is C15H17NO5. The molecule has 0 aromatic heterocycles. The Morgan fingerprint density at radius 1 is 1.43 bits per heavy atom. The number of hydrogen-bond donors (Lipinski definition) is 3. The predicted molar refractivity (Wildman–Crippen MR) is 75.9 cm³/mol. The Kier molecular flexibility index (Phi) is 4.94. The number of carboxylic acids is 1. The minimum atomic E-state index is -1.45. The quantitative estimate of drug-likeness (QED) is 0.667. The number of carbonyl (C=O) groups is 2. The summed E-state index contributed by atoms with van der Waals surface area (Å²) in [6.07, 6.45) is 2.46. The van der Waals surface area contributed by atoms with Crippen molar-refractivity contribution >= 4 is 18.0 Å². The first kappa shape index (κ1) is 15.1. The molecule has 1 aromatic rings. The van der Waals surface area contributed by atoms with Gasteiger partial charge in [-0.1, -0.05) is 6.07 Å². The lowest BCUT2D eigenvalue weighted by atomic mass is 10.1. The number of aliphatic hydroxyl groups is 1. The van der Waals surface area contributed by atoms with Gasteiger partial charge in [-0.3, -0.25) is 4.79 Å². The van der Waals surface area contributed by atoms with Crippen LogP contribution in [0.25, 0.3) is 6.08 Å². The summed E-state index contributed by atoms with van der Waals surface area (Å²) in [4.78, 5) is 21.9. The monoisotopic (exact) mass is 291 g/mol. The number of hydrogen-bond acceptors (Lipinski definition) is 4. The molecule has 6 nitrogen and oxygen atoms in total. The van der Waals surface area contributed by atoms with Gasteiger partial charge in [0, 0.05) is 25.5 Å². The Hall–Kier alpha value is -2.34. The van der Waals surface area contributed by atoms with Crippen LogP contribution in [-0.2, 0) is 16.0 Å². The fraction of sp³-hybridized carbons (Fsp3) is 0.333. The normalized spacial score (nSPS) is 14.5. The molecule has 0 bridgehead atoms. The summed E-state index contributed by atoms with van der Waals surface area (Å²) >= 11 is 0. The third-order valence-corrected chi connectivity index (χ3v) is 3.14. The molecule has 0 radical (unpaired) electrons. The SMILES string of the molecule is O=C(/C=C/c1ccc2c(c1)CCO2)NCCC(O)C(=O)O. The van der Waals surface area contributed by atoms with Crippen LogP contribution < -0.4 is 10.1 Å². The molecule has 1 heterocycles. The molecule has 1 amide bonds. The van der Waals surface area contributed by atoms with Gasteiger partial charge in [-0.2, -0.15) is 0 Å². The first-order chi connectivity index (χ1) is 10.1. The Bertz CT molecular complexity index is 567. The van der Waals surface area contributed by atoms with Gasteiger partial charge in [0.25, 0.3) is 0 Å². The molecule has 0 spiro atoms. The minimum absolute atomic E-state index is 0.0227. The lowest BCUT2D eigenvalue weighted by molar-refractivity contribution is -0.147. The number of nitrogens with one attached hydrogen (secondary N) is 1. The van der Waals surface area contributed by atoms with Crippen molar-refractivity contribution in [2.24, 2.45) is 0 Å². The zero-order valence-electron chi connectivity index (χ0n) is 11.4. The third kappa shape index (κ3) is 4.32. The van der Waals surface area contributed by atoms with Crippen LogP contribution in [-0.4, -0.2) is 41.3 Å². The number of carboxylic acid groups (broad SMARTS) is 1. The number of fused-ring (bicyclic) bond motifs is 1. The van der Waals surface area contributed by atoms with Crippen LogP contribution >= 0.6 is 0 Å². The van der Waals surface area contributed by atoms with Gasteiger partial charge in [0.2, 0.25) is 5.91 Å². The first-order valence-corrected chi connectivity index (χ1v) is 6.69. The number of amides is 1. The van der Waals surface area contributed by atoms with Crippen LogP contribution in [0.15, 0.2) is 24.3 Å². The summed E-state index contributed by atoms with van der Waals surface area (Å²) in [5.41, 5.74) is 2.03. The first-order valence-electron chi connectivity index (χ1n) is 6.69. The van der Waals surface area contributed by atoms with E-state index in [0.29, 0.717) is 6.61 Å². The van der Waals surface area contributed by atoms with E-state index < -0.39 is 12.1 Å². The van der Waals surface area contributed by atoms with Gasteiger partial charge in [0.1, 0.15) is 5.75 Å². The molecule has 0 aliphatic carbocycles. The second kappa shape index (κ2) is 6.90. The van der Waals surface area contributed by atoms with E-state index in [9.17, 15) is 9.59 Å². The number of ether oxygens (including phenoxy) is 1. The summed E-state index contributed by atoms with van der Waals surface area (Å²) in [5, 5.41) is 20.1. The lowest BCUT2D eigenvalue weighted by Gasteiger charge is -2.05. The van der Waals surface area contributed by atoms with Gasteiger partial charge in [-0.15, -0.1) is 0 Å². The number of carbonyl (C=O) groups excluding carboxylic acids is 1. The van der Waals surface area contributed by atoms with E-state index in [4.69, 9.17) is 14.9 Å². The predicted octanol–water partition coefficient (Wildman–Crippen LogP) is 0.586. The van der Waals surface area contributed by atoms with Crippen LogP contribution in [0.1, 0.15) is 17.5 Å². The Morgan fingerprint density at radius 3 is 3.00 bits per heavy atom. The fourth-order valence-corrected chi connectivity index (χ4v) is 2.00. The summed E-state index contributed by atoms with van der Waals surface area (Å²) in [6.45, 7) is 0.795. The smallest absolute Gasteiger partial charge is 0.332 e. The maximum absolute atomic E-state index is 11.5. The van der Waals surface area contributed by atoms with Crippen molar-refractivity contribution in [2.45, 2.75) is 18.9 Å². The average molecular weight is 291 g/mol. The summed E-state index contributed by atoms with van der Waals surface area (Å²) < 4.78 is 5.40. The average Bonchev–Trinajstić information content (AvgIpc) is 2.92. The number of aliphatic carboxylic acids is 1. The molecule has 1 atom stereocenters. The molecule has 3 N–H and O–H groups in total. The molecule has 6 heteroatoms. The van der Waals surface area contributed by atoms with E-state index in [2.05, 4.69) is 5.32 Å². The third-order valence-electron chi connectivity index (χ3n) is 3.14. The maximum Gasteiger partial charge on any atom is 0.332 e. The zero-order valence-corrected chi connectivity index (χ0v) is 11.4. The lowest BCUT2D eigenvalue weighted by Crippen LogP contribution is -2.28. The topological polar surface area (TPSA) is 95.9 Å². The van der Waals surface area contributed by atoms with Crippen LogP contribution in [0.5, 0.6) is 5.75 Å². The van der Waals surface area contributed by atoms with E-state index in [-0.39, 0.29) is 18.9 Å². The van der Waals surface area contributed by atoms with Crippen molar-refractivity contribution < 1.29 is 24.5 Å². The van der Waals surface area contributed by atoms with Gasteiger partial charge in [-0.05, 0) is 29.3 Å². The molecule has 21 heavy (non-hydrogen) atoms.